The van der Waals surface area contributed by atoms with Gasteiger partial charge >= 0.3 is 0 Å². The Balaban J connectivity index is 1.41. The Morgan fingerprint density at radius 1 is 1.33 bits per heavy atom. The van der Waals surface area contributed by atoms with Crippen molar-refractivity contribution in [2.75, 3.05) is 38.7 Å². The fourth-order valence-corrected chi connectivity index (χ4v) is 4.16. The van der Waals surface area contributed by atoms with Crippen LogP contribution in [-0.2, 0) is 11.2 Å². The van der Waals surface area contributed by atoms with Crippen molar-refractivity contribution in [2.45, 2.75) is 25.7 Å². The number of nitrogens with zero attached hydrogens (tertiary/aromatic N) is 4. The second-order valence-corrected chi connectivity index (χ2v) is 8.75. The maximum atomic E-state index is 13.5. The number of amidine groups is 1. The molecule has 3 heterocycles. The lowest BCUT2D eigenvalue weighted by Crippen LogP contribution is -2.26. The average Bonchev–Trinajstić information content (AvgIpc) is 3.26. The highest BCUT2D eigenvalue weighted by molar-refractivity contribution is 6.31. The minimum absolute atomic E-state index is 0.0260. The number of oxime groups is 1. The van der Waals surface area contributed by atoms with E-state index in [1.165, 1.54) is 24.6 Å². The van der Waals surface area contributed by atoms with Gasteiger partial charge in [-0.15, -0.1) is 0 Å². The summed E-state index contributed by atoms with van der Waals surface area (Å²) in [5.41, 5.74) is 2.28. The maximum Gasteiger partial charge on any atom is 0.179 e. The van der Waals surface area contributed by atoms with Crippen LogP contribution in [0.25, 0.3) is 11.2 Å². The molecule has 1 aliphatic rings. The number of fused-ring (bicyclic) bond motifs is 1. The lowest BCUT2D eigenvalue weighted by Gasteiger charge is -2.24. The van der Waals surface area contributed by atoms with E-state index in [-0.39, 0.29) is 10.9 Å². The van der Waals surface area contributed by atoms with Gasteiger partial charge in [-0.1, -0.05) is 16.8 Å². The molecule has 0 amide bonds. The Morgan fingerprint density at radius 2 is 2.15 bits per heavy atom. The first-order valence-corrected chi connectivity index (χ1v) is 11.5. The van der Waals surface area contributed by atoms with Crippen LogP contribution in [0.1, 0.15) is 30.7 Å². The van der Waals surface area contributed by atoms with Gasteiger partial charge in [0.1, 0.15) is 11.6 Å². The van der Waals surface area contributed by atoms with Gasteiger partial charge in [0.2, 0.25) is 0 Å². The third-order valence-electron chi connectivity index (χ3n) is 5.97. The summed E-state index contributed by atoms with van der Waals surface area (Å²) in [4.78, 5) is 14.6. The van der Waals surface area contributed by atoms with Gasteiger partial charge < -0.3 is 25.1 Å². The number of aromatic amines is 1. The summed E-state index contributed by atoms with van der Waals surface area (Å²) in [6, 6.07) is 5.90. The van der Waals surface area contributed by atoms with Crippen molar-refractivity contribution >= 4 is 34.3 Å². The molecule has 1 fully saturated rings. The minimum Gasteiger partial charge on any atom is -0.409 e. The van der Waals surface area contributed by atoms with Gasteiger partial charge in [-0.25, -0.2) is 14.4 Å². The molecule has 3 N–H and O–H groups in total. The first kappa shape index (κ1) is 23.4. The number of likely N-dealkylation sites (N-methyl/N-ethyl adjacent to an activating group) is 1. The number of benzene rings is 1. The van der Waals surface area contributed by atoms with Crippen molar-refractivity contribution in [3.63, 3.8) is 0 Å². The SMILES string of the molecule is CN(CCc1nc2nccc(/C(=N\O)Nc3ccc(F)c(Cl)c3)c2[nH]1)CCC1CCOCC1. The third kappa shape index (κ3) is 5.98. The molecule has 33 heavy (non-hydrogen) atoms. The lowest BCUT2D eigenvalue weighted by molar-refractivity contribution is 0.0610. The van der Waals surface area contributed by atoms with Crippen LogP contribution in [0.5, 0.6) is 0 Å². The van der Waals surface area contributed by atoms with Gasteiger partial charge in [-0.2, -0.15) is 0 Å². The minimum atomic E-state index is -0.521. The Hall–Kier alpha value is -2.75. The normalized spacial score (nSPS) is 15.5. The average molecular weight is 475 g/mol. The molecule has 1 aromatic carbocycles. The predicted octanol–water partition coefficient (Wildman–Crippen LogP) is 4.29. The maximum absolute atomic E-state index is 13.5. The summed E-state index contributed by atoms with van der Waals surface area (Å²) in [6.07, 6.45) is 5.83. The molecule has 0 saturated carbocycles. The summed E-state index contributed by atoms with van der Waals surface area (Å²) < 4.78 is 18.9. The summed E-state index contributed by atoms with van der Waals surface area (Å²) >= 11 is 5.86. The molecule has 1 saturated heterocycles. The van der Waals surface area contributed by atoms with E-state index >= 15 is 0 Å². The summed E-state index contributed by atoms with van der Waals surface area (Å²) in [6.45, 7) is 3.67. The highest BCUT2D eigenvalue weighted by Gasteiger charge is 2.16. The number of nitrogens with one attached hydrogen (secondary N) is 2. The molecule has 2 aromatic heterocycles. The molecule has 8 nitrogen and oxygen atoms in total. The molecular weight excluding hydrogens is 447 g/mol. The van der Waals surface area contributed by atoms with Crippen molar-refractivity contribution < 1.29 is 14.3 Å². The van der Waals surface area contributed by atoms with E-state index in [0.29, 0.717) is 22.4 Å². The number of H-pyrrole nitrogens is 1. The molecule has 176 valence electrons. The number of hydrogen-bond donors (Lipinski definition) is 3. The molecule has 0 atom stereocenters. The van der Waals surface area contributed by atoms with Crippen LogP contribution < -0.4 is 5.32 Å². The molecule has 4 rings (SSSR count). The highest BCUT2D eigenvalue weighted by Crippen LogP contribution is 2.22. The monoisotopic (exact) mass is 474 g/mol. The predicted molar refractivity (Wildman–Crippen MR) is 127 cm³/mol. The number of halogens is 2. The number of anilines is 1. The van der Waals surface area contributed by atoms with Crippen molar-refractivity contribution in [2.24, 2.45) is 11.1 Å². The number of hydrogen-bond acceptors (Lipinski definition) is 6. The van der Waals surface area contributed by atoms with E-state index < -0.39 is 5.82 Å². The van der Waals surface area contributed by atoms with Crippen LogP contribution in [0, 0.1) is 11.7 Å². The van der Waals surface area contributed by atoms with E-state index in [0.717, 1.165) is 57.3 Å². The molecular formula is C23H28ClFN6O2. The quantitative estimate of drug-likeness (QED) is 0.195. The lowest BCUT2D eigenvalue weighted by atomic mass is 9.96. The van der Waals surface area contributed by atoms with Crippen LogP contribution >= 0.6 is 11.6 Å². The second kappa shape index (κ2) is 10.9. The second-order valence-electron chi connectivity index (χ2n) is 8.34. The van der Waals surface area contributed by atoms with Crippen molar-refractivity contribution in [3.8, 4) is 0 Å². The molecule has 0 unspecified atom stereocenters. The molecule has 0 spiro atoms. The van der Waals surface area contributed by atoms with Gasteiger partial charge in [-0.05, 0) is 63.0 Å². The Labute approximate surface area is 196 Å². The van der Waals surface area contributed by atoms with Crippen molar-refractivity contribution in [3.05, 3.63) is 52.7 Å². The Morgan fingerprint density at radius 3 is 2.91 bits per heavy atom. The van der Waals surface area contributed by atoms with Gasteiger partial charge in [0, 0.05) is 43.6 Å². The van der Waals surface area contributed by atoms with E-state index in [9.17, 15) is 9.60 Å². The molecule has 0 radical (unpaired) electrons. The standard InChI is InChI=1S/C23H28ClFN6O2/c1-31(10-5-15-7-12-33-13-8-15)11-6-20-28-21-17(4-9-26-23(21)29-20)22(30-32)27-16-2-3-19(25)18(24)14-16/h2-4,9,14-15,32H,5-8,10-13H2,1H3,(H,27,30)(H,26,28,29). The molecule has 10 heteroatoms. The van der Waals surface area contributed by atoms with Crippen LogP contribution in [-0.4, -0.2) is 64.2 Å². The number of imidazole rings is 1. The number of aromatic nitrogens is 3. The zero-order valence-electron chi connectivity index (χ0n) is 18.5. The number of rotatable bonds is 8. The van der Waals surface area contributed by atoms with Gasteiger partial charge in [-0.3, -0.25) is 0 Å². The number of pyridine rings is 1. The largest absolute Gasteiger partial charge is 0.409 e. The van der Waals surface area contributed by atoms with E-state index in [4.69, 9.17) is 16.3 Å². The number of ether oxygens (including phenoxy) is 1. The third-order valence-corrected chi connectivity index (χ3v) is 6.26. The summed E-state index contributed by atoms with van der Waals surface area (Å²) in [7, 11) is 2.12. The fraction of sp³-hybridized carbons (Fsp3) is 0.435. The van der Waals surface area contributed by atoms with Crippen LogP contribution in [0.2, 0.25) is 5.02 Å². The summed E-state index contributed by atoms with van der Waals surface area (Å²) in [5.74, 6) is 1.21. The van der Waals surface area contributed by atoms with Crippen LogP contribution in [0.15, 0.2) is 35.6 Å². The fourth-order valence-electron chi connectivity index (χ4n) is 3.98. The van der Waals surface area contributed by atoms with Crippen LogP contribution in [0.4, 0.5) is 10.1 Å². The van der Waals surface area contributed by atoms with E-state index in [1.807, 2.05) is 0 Å². The highest BCUT2D eigenvalue weighted by atomic mass is 35.5. The Bertz CT molecular complexity index is 1120. The summed E-state index contributed by atoms with van der Waals surface area (Å²) in [5, 5.41) is 15.9. The van der Waals surface area contributed by atoms with Crippen molar-refractivity contribution in [1.82, 2.24) is 19.9 Å². The first-order chi connectivity index (χ1) is 16.0. The van der Waals surface area contributed by atoms with Gasteiger partial charge in [0.25, 0.3) is 0 Å². The molecule has 0 aliphatic carbocycles. The Kier molecular flexibility index (Phi) is 7.74. The van der Waals surface area contributed by atoms with Gasteiger partial charge in [0.15, 0.2) is 11.5 Å². The molecule has 3 aromatic rings. The zero-order chi connectivity index (χ0) is 23.2. The van der Waals surface area contributed by atoms with E-state index in [2.05, 4.69) is 37.4 Å². The topological polar surface area (TPSA) is 98.7 Å². The smallest absolute Gasteiger partial charge is 0.179 e. The molecule has 1 aliphatic heterocycles. The first-order valence-electron chi connectivity index (χ1n) is 11.1. The van der Waals surface area contributed by atoms with E-state index in [1.54, 1.807) is 12.3 Å². The van der Waals surface area contributed by atoms with Crippen LogP contribution in [0.3, 0.4) is 0 Å². The van der Waals surface area contributed by atoms with Gasteiger partial charge in [0.05, 0.1) is 10.5 Å². The van der Waals surface area contributed by atoms with Crippen molar-refractivity contribution in [1.29, 1.82) is 0 Å². The zero-order valence-corrected chi connectivity index (χ0v) is 19.3. The molecule has 0 bridgehead atoms.